The number of hydrogen-bond acceptors (Lipinski definition) is 2. The third-order valence-corrected chi connectivity index (χ3v) is 4.05. The van der Waals surface area contributed by atoms with E-state index < -0.39 is 0 Å². The molecule has 6 heteroatoms. The number of anilines is 1. The van der Waals surface area contributed by atoms with Gasteiger partial charge in [0.2, 0.25) is 11.8 Å². The minimum absolute atomic E-state index is 0.0216. The molecule has 0 aliphatic rings. The van der Waals surface area contributed by atoms with Crippen LogP contribution in [0, 0.1) is 0 Å². The topological polar surface area (TPSA) is 49.4 Å². The highest BCUT2D eigenvalue weighted by molar-refractivity contribution is 6.42. The van der Waals surface area contributed by atoms with Gasteiger partial charge < -0.3 is 10.2 Å². The number of amides is 2. The summed E-state index contributed by atoms with van der Waals surface area (Å²) >= 11 is 11.7. The highest BCUT2D eigenvalue weighted by atomic mass is 35.5. The summed E-state index contributed by atoms with van der Waals surface area (Å²) in [6.45, 7) is 5.90. The summed E-state index contributed by atoms with van der Waals surface area (Å²) in [4.78, 5) is 25.2. The van der Waals surface area contributed by atoms with E-state index in [0.29, 0.717) is 22.3 Å². The summed E-state index contributed by atoms with van der Waals surface area (Å²) in [5, 5.41) is 3.57. The molecule has 1 aromatic carbocycles. The van der Waals surface area contributed by atoms with Gasteiger partial charge in [0.05, 0.1) is 10.0 Å². The van der Waals surface area contributed by atoms with Crippen molar-refractivity contribution in [3.63, 3.8) is 0 Å². The van der Waals surface area contributed by atoms with E-state index in [1.165, 1.54) is 6.92 Å². The SMILES string of the molecule is CCC(C)N(CCC(=O)Nc1ccc(Cl)c(Cl)c1)C(C)=O. The molecule has 0 fully saturated rings. The molecule has 116 valence electrons. The van der Waals surface area contributed by atoms with Gasteiger partial charge in [0.25, 0.3) is 0 Å². The Labute approximate surface area is 135 Å². The molecule has 0 spiro atoms. The van der Waals surface area contributed by atoms with E-state index in [2.05, 4.69) is 5.32 Å². The van der Waals surface area contributed by atoms with Crippen LogP contribution < -0.4 is 5.32 Å². The first-order chi connectivity index (χ1) is 9.85. The molecule has 1 aromatic rings. The molecule has 4 nitrogen and oxygen atoms in total. The minimum atomic E-state index is -0.164. The van der Waals surface area contributed by atoms with Gasteiger partial charge in [-0.15, -0.1) is 0 Å². The average molecular weight is 331 g/mol. The summed E-state index contributed by atoms with van der Waals surface area (Å²) in [5.41, 5.74) is 0.590. The highest BCUT2D eigenvalue weighted by Gasteiger charge is 2.16. The zero-order chi connectivity index (χ0) is 16.0. The standard InChI is InChI=1S/C15H20Cl2N2O2/c1-4-10(2)19(11(3)20)8-7-15(21)18-12-5-6-13(16)14(17)9-12/h5-6,9-10H,4,7-8H2,1-3H3,(H,18,21). The second-order valence-electron chi connectivity index (χ2n) is 4.90. The summed E-state index contributed by atoms with van der Waals surface area (Å²) < 4.78 is 0. The maximum absolute atomic E-state index is 11.9. The Morgan fingerprint density at radius 1 is 1.29 bits per heavy atom. The van der Waals surface area contributed by atoms with Gasteiger partial charge in [-0.25, -0.2) is 0 Å². The molecule has 21 heavy (non-hydrogen) atoms. The van der Waals surface area contributed by atoms with Crippen LogP contribution in [0.15, 0.2) is 18.2 Å². The third kappa shape index (κ3) is 5.56. The predicted octanol–water partition coefficient (Wildman–Crippen LogP) is 3.97. The van der Waals surface area contributed by atoms with E-state index in [1.54, 1.807) is 23.1 Å². The average Bonchev–Trinajstić information content (AvgIpc) is 2.42. The number of halogens is 2. The first-order valence-electron chi connectivity index (χ1n) is 6.87. The molecule has 0 heterocycles. The lowest BCUT2D eigenvalue weighted by atomic mass is 10.2. The molecule has 0 saturated carbocycles. The Morgan fingerprint density at radius 3 is 2.48 bits per heavy atom. The van der Waals surface area contributed by atoms with Gasteiger partial charge >= 0.3 is 0 Å². The molecule has 0 aliphatic heterocycles. The lowest BCUT2D eigenvalue weighted by molar-refractivity contribution is -0.131. The van der Waals surface area contributed by atoms with Gasteiger partial charge in [-0.3, -0.25) is 9.59 Å². The van der Waals surface area contributed by atoms with Crippen molar-refractivity contribution in [3.05, 3.63) is 28.2 Å². The quantitative estimate of drug-likeness (QED) is 0.857. The van der Waals surface area contributed by atoms with E-state index in [0.717, 1.165) is 6.42 Å². The normalized spacial score (nSPS) is 11.9. The van der Waals surface area contributed by atoms with Gasteiger partial charge in [-0.2, -0.15) is 0 Å². The summed E-state index contributed by atoms with van der Waals surface area (Å²) in [5.74, 6) is -0.186. The number of carbonyl (C=O) groups excluding carboxylic acids is 2. The van der Waals surface area contributed by atoms with Crippen molar-refractivity contribution < 1.29 is 9.59 Å². The van der Waals surface area contributed by atoms with Crippen molar-refractivity contribution in [2.45, 2.75) is 39.7 Å². The van der Waals surface area contributed by atoms with Crippen LogP contribution >= 0.6 is 23.2 Å². The van der Waals surface area contributed by atoms with Crippen LogP contribution in [0.2, 0.25) is 10.0 Å². The first-order valence-corrected chi connectivity index (χ1v) is 7.62. The van der Waals surface area contributed by atoms with Gasteiger partial charge in [-0.05, 0) is 31.5 Å². The number of carbonyl (C=O) groups is 2. The van der Waals surface area contributed by atoms with E-state index in [1.807, 2.05) is 13.8 Å². The molecule has 0 bridgehead atoms. The lowest BCUT2D eigenvalue weighted by Crippen LogP contribution is -2.38. The fourth-order valence-electron chi connectivity index (χ4n) is 1.93. The zero-order valence-corrected chi connectivity index (χ0v) is 14.0. The second-order valence-corrected chi connectivity index (χ2v) is 5.71. The van der Waals surface area contributed by atoms with E-state index in [9.17, 15) is 9.59 Å². The molecule has 1 unspecified atom stereocenters. The van der Waals surface area contributed by atoms with Crippen molar-refractivity contribution in [1.29, 1.82) is 0 Å². The molecule has 0 saturated heterocycles. The Morgan fingerprint density at radius 2 is 1.95 bits per heavy atom. The van der Waals surface area contributed by atoms with Crippen LogP contribution in [-0.4, -0.2) is 29.3 Å². The molecule has 2 amide bonds. The fourth-order valence-corrected chi connectivity index (χ4v) is 2.23. The van der Waals surface area contributed by atoms with Crippen LogP contribution in [0.1, 0.15) is 33.6 Å². The van der Waals surface area contributed by atoms with Crippen molar-refractivity contribution in [2.75, 3.05) is 11.9 Å². The van der Waals surface area contributed by atoms with Crippen molar-refractivity contribution >= 4 is 40.7 Å². The van der Waals surface area contributed by atoms with Crippen molar-refractivity contribution in [3.8, 4) is 0 Å². The Bertz CT molecular complexity index is 520. The smallest absolute Gasteiger partial charge is 0.226 e. The van der Waals surface area contributed by atoms with Gasteiger partial charge in [0, 0.05) is 31.6 Å². The van der Waals surface area contributed by atoms with E-state index in [4.69, 9.17) is 23.2 Å². The molecule has 1 N–H and O–H groups in total. The number of nitrogens with zero attached hydrogens (tertiary/aromatic N) is 1. The number of rotatable bonds is 6. The number of hydrogen-bond donors (Lipinski definition) is 1. The minimum Gasteiger partial charge on any atom is -0.340 e. The van der Waals surface area contributed by atoms with Crippen LogP contribution in [-0.2, 0) is 9.59 Å². The summed E-state index contributed by atoms with van der Waals surface area (Å²) in [6.07, 6.45) is 1.10. The van der Waals surface area contributed by atoms with Crippen LogP contribution in [0.25, 0.3) is 0 Å². The molecular weight excluding hydrogens is 311 g/mol. The Balaban J connectivity index is 2.56. The lowest BCUT2D eigenvalue weighted by Gasteiger charge is -2.27. The maximum atomic E-state index is 11.9. The van der Waals surface area contributed by atoms with Gasteiger partial charge in [0.15, 0.2) is 0 Å². The Kier molecular flexibility index (Phi) is 6.99. The molecule has 1 atom stereocenters. The fraction of sp³-hybridized carbons (Fsp3) is 0.467. The largest absolute Gasteiger partial charge is 0.340 e. The summed E-state index contributed by atoms with van der Waals surface area (Å²) in [7, 11) is 0. The number of nitrogens with one attached hydrogen (secondary N) is 1. The maximum Gasteiger partial charge on any atom is 0.226 e. The van der Waals surface area contributed by atoms with Crippen molar-refractivity contribution in [2.24, 2.45) is 0 Å². The molecule has 1 rings (SSSR count). The van der Waals surface area contributed by atoms with Crippen LogP contribution in [0.5, 0.6) is 0 Å². The van der Waals surface area contributed by atoms with Crippen LogP contribution in [0.3, 0.4) is 0 Å². The molecule has 0 radical (unpaired) electrons. The summed E-state index contributed by atoms with van der Waals surface area (Å²) in [6, 6.07) is 5.03. The van der Waals surface area contributed by atoms with Gasteiger partial charge in [-0.1, -0.05) is 30.1 Å². The molecule has 0 aliphatic carbocycles. The number of benzene rings is 1. The molecule has 0 aromatic heterocycles. The van der Waals surface area contributed by atoms with Crippen molar-refractivity contribution in [1.82, 2.24) is 4.90 Å². The van der Waals surface area contributed by atoms with Crippen LogP contribution in [0.4, 0.5) is 5.69 Å². The van der Waals surface area contributed by atoms with Gasteiger partial charge in [0.1, 0.15) is 0 Å². The van der Waals surface area contributed by atoms with E-state index >= 15 is 0 Å². The second kappa shape index (κ2) is 8.25. The Hall–Kier alpha value is -1.26. The first kappa shape index (κ1) is 17.8. The third-order valence-electron chi connectivity index (χ3n) is 3.31. The van der Waals surface area contributed by atoms with E-state index in [-0.39, 0.29) is 24.3 Å². The predicted molar refractivity (Wildman–Crippen MR) is 86.8 cm³/mol. The highest BCUT2D eigenvalue weighted by Crippen LogP contribution is 2.25. The zero-order valence-electron chi connectivity index (χ0n) is 12.5. The monoisotopic (exact) mass is 330 g/mol. The molecular formula is C15H20Cl2N2O2.